The number of amides is 1. The van der Waals surface area contributed by atoms with E-state index in [2.05, 4.69) is 5.32 Å². The minimum absolute atomic E-state index is 0.0433. The number of carbonyl (C=O) groups is 2. The number of rotatable bonds is 6. The van der Waals surface area contributed by atoms with Gasteiger partial charge in [-0.25, -0.2) is 13.2 Å². The number of esters is 1. The van der Waals surface area contributed by atoms with E-state index in [4.69, 9.17) is 14.2 Å². The summed E-state index contributed by atoms with van der Waals surface area (Å²) in [6.07, 6.45) is 2.64. The van der Waals surface area contributed by atoms with Crippen LogP contribution in [0.4, 0.5) is 5.69 Å². The number of carbonyl (C=O) groups excluding carboxylic acids is 2. The fourth-order valence-corrected chi connectivity index (χ4v) is 5.16. The van der Waals surface area contributed by atoms with Gasteiger partial charge in [-0.05, 0) is 49.6 Å². The molecule has 1 N–H and O–H groups in total. The molecule has 2 aromatic rings. The SMILES string of the molecule is Cc1ccc(S(=O)(=O)N2CCCCC2)cc1C(=O)OCC(=O)Nc1ccc2c(c1)OCO2. The molecule has 2 heterocycles. The summed E-state index contributed by atoms with van der Waals surface area (Å²) in [6, 6.07) is 9.30. The van der Waals surface area contributed by atoms with Crippen LogP contribution in [0.25, 0.3) is 0 Å². The summed E-state index contributed by atoms with van der Waals surface area (Å²) in [5.41, 5.74) is 1.14. The van der Waals surface area contributed by atoms with Crippen LogP contribution in [0, 0.1) is 6.92 Å². The second-order valence-corrected chi connectivity index (χ2v) is 9.57. The molecule has 0 saturated carbocycles. The van der Waals surface area contributed by atoms with Crippen LogP contribution in [-0.4, -0.2) is 51.1 Å². The highest BCUT2D eigenvalue weighted by molar-refractivity contribution is 7.89. The van der Waals surface area contributed by atoms with E-state index >= 15 is 0 Å². The van der Waals surface area contributed by atoms with Gasteiger partial charge in [0.25, 0.3) is 5.91 Å². The first-order chi connectivity index (χ1) is 15.3. The molecule has 0 unspecified atom stereocenters. The number of benzene rings is 2. The molecule has 4 rings (SSSR count). The van der Waals surface area contributed by atoms with Gasteiger partial charge in [-0.1, -0.05) is 12.5 Å². The second-order valence-electron chi connectivity index (χ2n) is 7.63. The van der Waals surface area contributed by atoms with Gasteiger partial charge in [0, 0.05) is 24.8 Å². The lowest BCUT2D eigenvalue weighted by Crippen LogP contribution is -2.35. The first-order valence-corrected chi connectivity index (χ1v) is 11.8. The first kappa shape index (κ1) is 22.1. The zero-order valence-electron chi connectivity index (χ0n) is 17.6. The van der Waals surface area contributed by atoms with Gasteiger partial charge in [0.2, 0.25) is 16.8 Å². The average molecular weight is 461 g/mol. The van der Waals surface area contributed by atoms with E-state index in [-0.39, 0.29) is 17.3 Å². The van der Waals surface area contributed by atoms with E-state index in [1.54, 1.807) is 31.2 Å². The Hall–Kier alpha value is -3.11. The van der Waals surface area contributed by atoms with Gasteiger partial charge in [-0.3, -0.25) is 4.79 Å². The maximum absolute atomic E-state index is 12.9. The van der Waals surface area contributed by atoms with Gasteiger partial charge >= 0.3 is 5.97 Å². The van der Waals surface area contributed by atoms with Crippen molar-refractivity contribution in [1.82, 2.24) is 4.31 Å². The Kier molecular flexibility index (Phi) is 6.33. The topological polar surface area (TPSA) is 111 Å². The molecule has 0 spiro atoms. The molecular weight excluding hydrogens is 436 g/mol. The standard InChI is InChI=1S/C22H24N2O7S/c1-15-5-7-17(32(27,28)24-9-3-2-4-10-24)12-18(15)22(26)29-13-21(25)23-16-6-8-19-20(11-16)31-14-30-19/h5-8,11-12H,2-4,9-10,13-14H2,1H3,(H,23,25). The van der Waals surface area contributed by atoms with Crippen LogP contribution in [-0.2, 0) is 19.6 Å². The summed E-state index contributed by atoms with van der Waals surface area (Å²) in [7, 11) is -3.69. The lowest BCUT2D eigenvalue weighted by atomic mass is 10.1. The molecule has 2 aromatic carbocycles. The summed E-state index contributed by atoms with van der Waals surface area (Å²) in [5, 5.41) is 2.62. The highest BCUT2D eigenvalue weighted by atomic mass is 32.2. The van der Waals surface area contributed by atoms with Crippen molar-refractivity contribution in [3.63, 3.8) is 0 Å². The fourth-order valence-electron chi connectivity index (χ4n) is 3.62. The Bertz CT molecular complexity index is 1140. The van der Waals surface area contributed by atoms with Crippen molar-refractivity contribution in [2.75, 3.05) is 31.8 Å². The molecule has 1 fully saturated rings. The zero-order valence-corrected chi connectivity index (χ0v) is 18.4. The number of hydrogen-bond donors (Lipinski definition) is 1. The lowest BCUT2D eigenvalue weighted by molar-refractivity contribution is -0.119. The van der Waals surface area contributed by atoms with Gasteiger partial charge in [0.1, 0.15) is 0 Å². The molecular formula is C22H24N2O7S. The van der Waals surface area contributed by atoms with Crippen LogP contribution in [0.2, 0.25) is 0 Å². The van der Waals surface area contributed by atoms with Crippen LogP contribution >= 0.6 is 0 Å². The first-order valence-electron chi connectivity index (χ1n) is 10.3. The van der Waals surface area contributed by atoms with Crippen molar-refractivity contribution in [2.24, 2.45) is 0 Å². The van der Waals surface area contributed by atoms with Gasteiger partial charge in [-0.15, -0.1) is 0 Å². The van der Waals surface area contributed by atoms with Crippen molar-refractivity contribution in [3.8, 4) is 11.5 Å². The minimum atomic E-state index is -3.69. The smallest absolute Gasteiger partial charge is 0.338 e. The van der Waals surface area contributed by atoms with Crippen LogP contribution < -0.4 is 14.8 Å². The Morgan fingerprint density at radius 3 is 2.56 bits per heavy atom. The summed E-state index contributed by atoms with van der Waals surface area (Å²) in [4.78, 5) is 24.8. The maximum Gasteiger partial charge on any atom is 0.338 e. The molecule has 2 aliphatic rings. The van der Waals surface area contributed by atoms with Gasteiger partial charge < -0.3 is 19.5 Å². The third-order valence-corrected chi connectivity index (χ3v) is 7.27. The molecule has 0 aliphatic carbocycles. The Labute approximate surface area is 186 Å². The molecule has 1 saturated heterocycles. The third-order valence-electron chi connectivity index (χ3n) is 5.37. The second kappa shape index (κ2) is 9.17. The molecule has 1 amide bonds. The van der Waals surface area contributed by atoms with Gasteiger partial charge in [-0.2, -0.15) is 4.31 Å². The highest BCUT2D eigenvalue weighted by Gasteiger charge is 2.27. The molecule has 170 valence electrons. The van der Waals surface area contributed by atoms with E-state index < -0.39 is 28.5 Å². The van der Waals surface area contributed by atoms with Crippen LogP contribution in [0.5, 0.6) is 11.5 Å². The van der Waals surface area contributed by atoms with Crippen molar-refractivity contribution in [3.05, 3.63) is 47.5 Å². The number of fused-ring (bicyclic) bond motifs is 1. The number of piperidine rings is 1. The van der Waals surface area contributed by atoms with Crippen molar-refractivity contribution < 1.29 is 32.2 Å². The third kappa shape index (κ3) is 4.71. The molecule has 0 bridgehead atoms. The molecule has 10 heteroatoms. The van der Waals surface area contributed by atoms with Crippen molar-refractivity contribution in [1.29, 1.82) is 0 Å². The lowest BCUT2D eigenvalue weighted by Gasteiger charge is -2.26. The van der Waals surface area contributed by atoms with Crippen molar-refractivity contribution in [2.45, 2.75) is 31.1 Å². The maximum atomic E-state index is 12.9. The molecule has 32 heavy (non-hydrogen) atoms. The monoisotopic (exact) mass is 460 g/mol. The largest absolute Gasteiger partial charge is 0.454 e. The summed E-state index contributed by atoms with van der Waals surface area (Å²) < 4.78 is 42.9. The number of anilines is 1. The Balaban J connectivity index is 1.40. The number of sulfonamides is 1. The fraction of sp³-hybridized carbons (Fsp3) is 0.364. The number of hydrogen-bond acceptors (Lipinski definition) is 7. The van der Waals surface area contributed by atoms with Gasteiger partial charge in [0.15, 0.2) is 18.1 Å². The van der Waals surface area contributed by atoms with E-state index in [1.807, 2.05) is 0 Å². The molecule has 0 aromatic heterocycles. The number of nitrogens with zero attached hydrogens (tertiary/aromatic N) is 1. The summed E-state index contributed by atoms with van der Waals surface area (Å²) >= 11 is 0. The zero-order chi connectivity index (χ0) is 22.7. The van der Waals surface area contributed by atoms with Crippen LogP contribution in [0.15, 0.2) is 41.3 Å². The predicted octanol–water partition coefficient (Wildman–Crippen LogP) is 2.69. The number of nitrogens with one attached hydrogen (secondary N) is 1. The summed E-state index contributed by atoms with van der Waals surface area (Å²) in [6.45, 7) is 2.22. The number of ether oxygens (including phenoxy) is 3. The normalized spacial score (nSPS) is 15.9. The Morgan fingerprint density at radius 2 is 1.78 bits per heavy atom. The van der Waals surface area contributed by atoms with E-state index in [0.29, 0.717) is 35.8 Å². The minimum Gasteiger partial charge on any atom is -0.454 e. The average Bonchev–Trinajstić information content (AvgIpc) is 3.26. The molecule has 0 atom stereocenters. The molecule has 0 radical (unpaired) electrons. The van der Waals surface area contributed by atoms with E-state index in [9.17, 15) is 18.0 Å². The number of aryl methyl sites for hydroxylation is 1. The molecule has 9 nitrogen and oxygen atoms in total. The van der Waals surface area contributed by atoms with Crippen LogP contribution in [0.1, 0.15) is 35.2 Å². The quantitative estimate of drug-likeness (QED) is 0.660. The van der Waals surface area contributed by atoms with Crippen LogP contribution in [0.3, 0.4) is 0 Å². The predicted molar refractivity (Wildman–Crippen MR) is 115 cm³/mol. The van der Waals surface area contributed by atoms with Crippen molar-refractivity contribution >= 4 is 27.6 Å². The van der Waals surface area contributed by atoms with E-state index in [1.165, 1.54) is 16.4 Å². The van der Waals surface area contributed by atoms with E-state index in [0.717, 1.165) is 19.3 Å². The summed E-state index contributed by atoms with van der Waals surface area (Å²) in [5.74, 6) is -0.197. The Morgan fingerprint density at radius 1 is 1.03 bits per heavy atom. The molecule has 2 aliphatic heterocycles. The highest BCUT2D eigenvalue weighted by Crippen LogP contribution is 2.34. The van der Waals surface area contributed by atoms with Gasteiger partial charge in [0.05, 0.1) is 10.5 Å².